The number of nitrogens with zero attached hydrogens (tertiary/aromatic N) is 3. The second-order valence-corrected chi connectivity index (χ2v) is 9.01. The molecule has 0 aromatic heterocycles. The lowest BCUT2D eigenvalue weighted by Crippen LogP contribution is -2.61. The number of hydrogen-bond donors (Lipinski definition) is 1. The molecule has 2 aliphatic rings. The van der Waals surface area contributed by atoms with E-state index in [9.17, 15) is 8.42 Å². The first-order chi connectivity index (χ1) is 14.5. The summed E-state index contributed by atoms with van der Waals surface area (Å²) in [4.78, 5) is 2.99. The minimum atomic E-state index is -3.89. The van der Waals surface area contributed by atoms with Crippen LogP contribution in [0.5, 0.6) is 0 Å². The van der Waals surface area contributed by atoms with Crippen molar-refractivity contribution in [2.75, 3.05) is 6.61 Å². The molecule has 4 rings (SSSR count). The predicted molar refractivity (Wildman–Crippen MR) is 108 cm³/mol. The van der Waals surface area contributed by atoms with Gasteiger partial charge in [-0.25, -0.2) is 13.1 Å². The topological polar surface area (TPSA) is 123 Å². The van der Waals surface area contributed by atoms with Gasteiger partial charge in [0.1, 0.15) is 18.2 Å². The van der Waals surface area contributed by atoms with Gasteiger partial charge in [-0.05, 0) is 30.2 Å². The zero-order chi connectivity index (χ0) is 21.1. The maximum Gasteiger partial charge on any atom is 0.240 e. The average molecular weight is 430 g/mol. The highest BCUT2D eigenvalue weighted by molar-refractivity contribution is 7.89. The first kappa shape index (κ1) is 20.8. The summed E-state index contributed by atoms with van der Waals surface area (Å²) in [5.74, 6) is 0. The molecule has 1 N–H and O–H groups in total. The highest BCUT2D eigenvalue weighted by Crippen LogP contribution is 2.33. The molecular weight excluding hydrogens is 408 g/mol. The van der Waals surface area contributed by atoms with Crippen LogP contribution in [0.4, 0.5) is 0 Å². The number of benzene rings is 2. The van der Waals surface area contributed by atoms with Crippen molar-refractivity contribution >= 4 is 10.0 Å². The van der Waals surface area contributed by atoms with Gasteiger partial charge >= 0.3 is 0 Å². The Labute approximate surface area is 174 Å². The molecule has 2 aliphatic heterocycles. The minimum absolute atomic E-state index is 0.120. The number of ether oxygens (including phenoxy) is 3. The number of rotatable bonds is 7. The third kappa shape index (κ3) is 4.34. The summed E-state index contributed by atoms with van der Waals surface area (Å²) >= 11 is 0. The van der Waals surface area contributed by atoms with Crippen LogP contribution in [-0.2, 0) is 30.8 Å². The predicted octanol–water partition coefficient (Wildman–Crippen LogP) is 2.66. The maximum absolute atomic E-state index is 13.0. The molecule has 2 bridgehead atoms. The first-order valence-electron chi connectivity index (χ1n) is 9.54. The Balaban J connectivity index is 1.62. The van der Waals surface area contributed by atoms with Crippen LogP contribution in [0.1, 0.15) is 11.1 Å². The van der Waals surface area contributed by atoms with Crippen molar-refractivity contribution in [3.05, 3.63) is 76.2 Å². The summed E-state index contributed by atoms with van der Waals surface area (Å²) < 4.78 is 46.2. The van der Waals surface area contributed by atoms with Gasteiger partial charge in [0.15, 0.2) is 6.29 Å². The van der Waals surface area contributed by atoms with Crippen LogP contribution in [0.2, 0.25) is 0 Å². The lowest BCUT2D eigenvalue weighted by Gasteiger charge is -2.39. The van der Waals surface area contributed by atoms with Crippen molar-refractivity contribution in [2.24, 2.45) is 5.11 Å². The van der Waals surface area contributed by atoms with E-state index < -0.39 is 40.6 Å². The lowest BCUT2D eigenvalue weighted by molar-refractivity contribution is -0.159. The molecule has 0 amide bonds. The molecule has 5 atom stereocenters. The molecule has 158 valence electrons. The normalized spacial score (nSPS) is 28.1. The Morgan fingerprint density at radius 2 is 1.93 bits per heavy atom. The molecule has 2 aromatic carbocycles. The Bertz CT molecular complexity index is 1020. The smallest absolute Gasteiger partial charge is 0.240 e. The number of hydrogen-bond acceptors (Lipinski definition) is 6. The molecule has 0 saturated carbocycles. The van der Waals surface area contributed by atoms with Gasteiger partial charge in [0, 0.05) is 4.91 Å². The molecule has 2 fully saturated rings. The van der Waals surface area contributed by atoms with Gasteiger partial charge in [0.25, 0.3) is 0 Å². The number of nitrogens with one attached hydrogen (secondary N) is 1. The highest BCUT2D eigenvalue weighted by atomic mass is 32.2. The second-order valence-electron chi connectivity index (χ2n) is 7.29. The van der Waals surface area contributed by atoms with E-state index in [1.807, 2.05) is 37.3 Å². The fraction of sp³-hybridized carbons (Fsp3) is 0.400. The summed E-state index contributed by atoms with van der Waals surface area (Å²) in [5, 5.41) is 3.76. The van der Waals surface area contributed by atoms with Crippen molar-refractivity contribution < 1.29 is 22.6 Å². The molecule has 0 spiro atoms. The number of aryl methyl sites for hydroxylation is 1. The number of sulfonamides is 1. The lowest BCUT2D eigenvalue weighted by atomic mass is 9.97. The SMILES string of the molecule is Cc1ccc(S(=O)(=O)N[C@@H]2[C@@H](N=[N+]=[N-])[C@@H]3OC[C@@H](O3)[C@H]2OCc2ccccc2)cc1. The van der Waals surface area contributed by atoms with Gasteiger partial charge in [-0.2, -0.15) is 0 Å². The number of azide groups is 1. The Morgan fingerprint density at radius 1 is 1.20 bits per heavy atom. The second kappa shape index (κ2) is 8.73. The maximum atomic E-state index is 13.0. The molecule has 2 heterocycles. The van der Waals surface area contributed by atoms with Crippen LogP contribution in [0.3, 0.4) is 0 Å². The Kier molecular flexibility index (Phi) is 6.05. The molecular formula is C20H22N4O5S. The fourth-order valence-electron chi connectivity index (χ4n) is 3.65. The van der Waals surface area contributed by atoms with Crippen LogP contribution < -0.4 is 4.72 Å². The molecule has 2 aromatic rings. The zero-order valence-corrected chi connectivity index (χ0v) is 17.1. The summed E-state index contributed by atoms with van der Waals surface area (Å²) in [7, 11) is -3.89. The van der Waals surface area contributed by atoms with Crippen molar-refractivity contribution in [2.45, 2.75) is 49.0 Å². The van der Waals surface area contributed by atoms with E-state index in [1.54, 1.807) is 12.1 Å². The highest BCUT2D eigenvalue weighted by Gasteiger charge is 2.52. The van der Waals surface area contributed by atoms with Crippen molar-refractivity contribution in [1.82, 2.24) is 4.72 Å². The van der Waals surface area contributed by atoms with Crippen molar-refractivity contribution in [1.29, 1.82) is 0 Å². The summed E-state index contributed by atoms with van der Waals surface area (Å²) in [5.41, 5.74) is 10.9. The molecule has 2 saturated heterocycles. The first-order valence-corrected chi connectivity index (χ1v) is 11.0. The monoisotopic (exact) mass is 430 g/mol. The fourth-order valence-corrected chi connectivity index (χ4v) is 4.91. The molecule has 30 heavy (non-hydrogen) atoms. The summed E-state index contributed by atoms with van der Waals surface area (Å²) in [6.07, 6.45) is -2.00. The average Bonchev–Trinajstić information content (AvgIpc) is 3.17. The summed E-state index contributed by atoms with van der Waals surface area (Å²) in [6.45, 7) is 2.36. The zero-order valence-electron chi connectivity index (χ0n) is 16.3. The van der Waals surface area contributed by atoms with Gasteiger partial charge in [-0.15, -0.1) is 0 Å². The van der Waals surface area contributed by atoms with E-state index in [0.29, 0.717) is 0 Å². The van der Waals surface area contributed by atoms with E-state index in [2.05, 4.69) is 14.7 Å². The van der Waals surface area contributed by atoms with Crippen LogP contribution in [0, 0.1) is 6.92 Å². The third-order valence-electron chi connectivity index (χ3n) is 5.19. The van der Waals surface area contributed by atoms with Crippen molar-refractivity contribution in [3.8, 4) is 0 Å². The molecule has 0 unspecified atom stereocenters. The van der Waals surface area contributed by atoms with Crippen molar-refractivity contribution in [3.63, 3.8) is 0 Å². The van der Waals surface area contributed by atoms with Gasteiger partial charge in [0.2, 0.25) is 10.0 Å². The quantitative estimate of drug-likeness (QED) is 0.411. The van der Waals surface area contributed by atoms with E-state index in [-0.39, 0.29) is 18.1 Å². The van der Waals surface area contributed by atoms with Crippen LogP contribution in [0.25, 0.3) is 10.4 Å². The van der Waals surface area contributed by atoms with Crippen LogP contribution in [-0.4, -0.2) is 45.6 Å². The van der Waals surface area contributed by atoms with E-state index in [1.165, 1.54) is 12.1 Å². The largest absolute Gasteiger partial charge is 0.369 e. The molecule has 10 heteroatoms. The Hall–Kier alpha value is -2.46. The van der Waals surface area contributed by atoms with Crippen LogP contribution in [0.15, 0.2) is 64.6 Å². The summed E-state index contributed by atoms with van der Waals surface area (Å²) in [6, 6.07) is 14.3. The molecule has 0 aliphatic carbocycles. The van der Waals surface area contributed by atoms with Gasteiger partial charge in [-0.3, -0.25) is 0 Å². The third-order valence-corrected chi connectivity index (χ3v) is 6.67. The van der Waals surface area contributed by atoms with E-state index in [0.717, 1.165) is 11.1 Å². The van der Waals surface area contributed by atoms with Gasteiger partial charge in [-0.1, -0.05) is 53.1 Å². The van der Waals surface area contributed by atoms with Gasteiger partial charge < -0.3 is 14.2 Å². The van der Waals surface area contributed by atoms with E-state index in [4.69, 9.17) is 19.7 Å². The molecule has 9 nitrogen and oxygen atoms in total. The molecule has 0 radical (unpaired) electrons. The standard InChI is InChI=1S/C20H22N4O5S/c1-13-7-9-15(10-8-13)30(25,26)23-17-18(22-24-21)20-28-12-16(29-20)19(17)27-11-14-5-3-2-4-6-14/h2-10,16-20,23H,11-12H2,1H3/t16-,17-,18-,19-,20-/m1/s1. The van der Waals surface area contributed by atoms with Crippen LogP contribution >= 0.6 is 0 Å². The number of fused-ring (bicyclic) bond motifs is 2. The Morgan fingerprint density at radius 3 is 2.63 bits per heavy atom. The minimum Gasteiger partial charge on any atom is -0.369 e. The van der Waals surface area contributed by atoms with E-state index >= 15 is 0 Å². The van der Waals surface area contributed by atoms with Gasteiger partial charge in [0.05, 0.1) is 24.2 Å².